The number of rotatable bonds is 5. The van der Waals surface area contributed by atoms with E-state index in [1.54, 1.807) is 6.08 Å². The van der Waals surface area contributed by atoms with Gasteiger partial charge in [0.05, 0.1) is 0 Å². The molecule has 17 heavy (non-hydrogen) atoms. The fourth-order valence-electron chi connectivity index (χ4n) is 3.33. The predicted molar refractivity (Wildman–Crippen MR) is 63.4 cm³/mol. The van der Waals surface area contributed by atoms with Crippen molar-refractivity contribution >= 4 is 11.9 Å². The number of amides is 1. The molecule has 3 unspecified atom stereocenters. The molecule has 2 fully saturated rings. The van der Waals surface area contributed by atoms with Crippen LogP contribution in [0.3, 0.4) is 0 Å². The van der Waals surface area contributed by atoms with Crippen LogP contribution in [0.2, 0.25) is 0 Å². The Morgan fingerprint density at radius 3 is 2.59 bits per heavy atom. The standard InChI is InChI=1S/C13H19NO3/c1-2-5-14(8-12(15)16)13(17)11-7-9-3-4-10(11)6-9/h2,9-11H,1,3-8H2,(H,15,16). The SMILES string of the molecule is C=CCN(CC(=O)O)C(=O)C1CC2CCC1C2. The second-order valence-electron chi connectivity index (χ2n) is 5.18. The molecule has 2 aliphatic carbocycles. The third-order valence-corrected chi connectivity index (χ3v) is 4.04. The number of carboxylic acid groups (broad SMARTS) is 1. The van der Waals surface area contributed by atoms with Gasteiger partial charge < -0.3 is 10.0 Å². The van der Waals surface area contributed by atoms with Crippen molar-refractivity contribution in [2.75, 3.05) is 13.1 Å². The van der Waals surface area contributed by atoms with Gasteiger partial charge in [-0.3, -0.25) is 9.59 Å². The maximum atomic E-state index is 12.3. The second kappa shape index (κ2) is 4.90. The molecule has 0 aromatic carbocycles. The van der Waals surface area contributed by atoms with Crippen LogP contribution in [0.25, 0.3) is 0 Å². The van der Waals surface area contributed by atoms with Crippen molar-refractivity contribution < 1.29 is 14.7 Å². The molecule has 2 rings (SSSR count). The van der Waals surface area contributed by atoms with Gasteiger partial charge in [0, 0.05) is 12.5 Å². The molecule has 0 spiro atoms. The van der Waals surface area contributed by atoms with E-state index in [1.165, 1.54) is 11.3 Å². The van der Waals surface area contributed by atoms with Gasteiger partial charge in [-0.15, -0.1) is 6.58 Å². The van der Waals surface area contributed by atoms with E-state index >= 15 is 0 Å². The zero-order valence-electron chi connectivity index (χ0n) is 9.97. The molecular formula is C13H19NO3. The van der Waals surface area contributed by atoms with E-state index in [0.717, 1.165) is 19.3 Å². The molecule has 2 saturated carbocycles. The molecule has 3 atom stereocenters. The highest BCUT2D eigenvalue weighted by Crippen LogP contribution is 2.48. The van der Waals surface area contributed by atoms with Gasteiger partial charge >= 0.3 is 5.97 Å². The number of carbonyl (C=O) groups is 2. The van der Waals surface area contributed by atoms with Crippen LogP contribution in [-0.2, 0) is 9.59 Å². The molecule has 1 amide bonds. The summed E-state index contributed by atoms with van der Waals surface area (Å²) < 4.78 is 0. The summed E-state index contributed by atoms with van der Waals surface area (Å²) in [5, 5.41) is 8.81. The zero-order chi connectivity index (χ0) is 12.4. The largest absolute Gasteiger partial charge is 0.480 e. The Bertz CT molecular complexity index is 340. The monoisotopic (exact) mass is 237 g/mol. The summed E-state index contributed by atoms with van der Waals surface area (Å²) >= 11 is 0. The number of nitrogens with zero attached hydrogens (tertiary/aromatic N) is 1. The average Bonchev–Trinajstić information content (AvgIpc) is 2.88. The van der Waals surface area contributed by atoms with Gasteiger partial charge in [0.1, 0.15) is 6.54 Å². The van der Waals surface area contributed by atoms with E-state index in [1.807, 2.05) is 0 Å². The Balaban J connectivity index is 2.00. The summed E-state index contributed by atoms with van der Waals surface area (Å²) in [6.45, 7) is 3.70. The number of aliphatic carboxylic acids is 1. The highest BCUT2D eigenvalue weighted by Gasteiger charge is 2.44. The van der Waals surface area contributed by atoms with E-state index in [2.05, 4.69) is 6.58 Å². The van der Waals surface area contributed by atoms with Crippen LogP contribution >= 0.6 is 0 Å². The summed E-state index contributed by atoms with van der Waals surface area (Å²) in [5.41, 5.74) is 0. The average molecular weight is 237 g/mol. The van der Waals surface area contributed by atoms with Gasteiger partial charge in [-0.2, -0.15) is 0 Å². The first kappa shape index (κ1) is 12.1. The van der Waals surface area contributed by atoms with Crippen LogP contribution in [0.15, 0.2) is 12.7 Å². The van der Waals surface area contributed by atoms with Gasteiger partial charge in [0.2, 0.25) is 5.91 Å². The summed E-state index contributed by atoms with van der Waals surface area (Å²) in [5.74, 6) is 0.314. The Morgan fingerprint density at radius 1 is 1.35 bits per heavy atom. The highest BCUT2D eigenvalue weighted by molar-refractivity contribution is 5.83. The molecule has 0 radical (unpaired) electrons. The Kier molecular flexibility index (Phi) is 3.50. The molecule has 2 aliphatic rings. The third-order valence-electron chi connectivity index (χ3n) is 4.04. The molecule has 0 heterocycles. The first-order valence-corrected chi connectivity index (χ1v) is 6.23. The van der Waals surface area contributed by atoms with Crippen molar-refractivity contribution in [2.24, 2.45) is 17.8 Å². The smallest absolute Gasteiger partial charge is 0.323 e. The lowest BCUT2D eigenvalue weighted by molar-refractivity contribution is -0.146. The minimum absolute atomic E-state index is 0.0134. The van der Waals surface area contributed by atoms with Gasteiger partial charge in [0.15, 0.2) is 0 Å². The van der Waals surface area contributed by atoms with E-state index < -0.39 is 5.97 Å². The van der Waals surface area contributed by atoms with E-state index in [0.29, 0.717) is 18.4 Å². The third kappa shape index (κ3) is 2.51. The van der Waals surface area contributed by atoms with Crippen LogP contribution in [-0.4, -0.2) is 35.0 Å². The summed E-state index contributed by atoms with van der Waals surface area (Å²) in [6, 6.07) is 0. The van der Waals surface area contributed by atoms with Crippen molar-refractivity contribution in [1.29, 1.82) is 0 Å². The Morgan fingerprint density at radius 2 is 2.12 bits per heavy atom. The van der Waals surface area contributed by atoms with E-state index in [-0.39, 0.29) is 18.4 Å². The topological polar surface area (TPSA) is 57.6 Å². The lowest BCUT2D eigenvalue weighted by Crippen LogP contribution is -2.41. The normalized spacial score (nSPS) is 30.2. The van der Waals surface area contributed by atoms with Gasteiger partial charge in [-0.05, 0) is 31.1 Å². The second-order valence-corrected chi connectivity index (χ2v) is 5.18. The van der Waals surface area contributed by atoms with Crippen molar-refractivity contribution in [2.45, 2.75) is 25.7 Å². The maximum Gasteiger partial charge on any atom is 0.323 e. The zero-order valence-corrected chi connectivity index (χ0v) is 9.97. The number of hydrogen-bond acceptors (Lipinski definition) is 2. The molecule has 4 heteroatoms. The fourth-order valence-corrected chi connectivity index (χ4v) is 3.33. The van der Waals surface area contributed by atoms with Crippen LogP contribution in [0, 0.1) is 17.8 Å². The van der Waals surface area contributed by atoms with Crippen LogP contribution in [0.5, 0.6) is 0 Å². The summed E-state index contributed by atoms with van der Waals surface area (Å²) in [4.78, 5) is 24.4. The quantitative estimate of drug-likeness (QED) is 0.738. The minimum atomic E-state index is -0.955. The van der Waals surface area contributed by atoms with E-state index in [9.17, 15) is 9.59 Å². The Hall–Kier alpha value is -1.32. The van der Waals surface area contributed by atoms with Crippen molar-refractivity contribution in [3.63, 3.8) is 0 Å². The highest BCUT2D eigenvalue weighted by atomic mass is 16.4. The maximum absolute atomic E-state index is 12.3. The molecule has 0 aliphatic heterocycles. The first-order chi connectivity index (χ1) is 8.11. The van der Waals surface area contributed by atoms with E-state index in [4.69, 9.17) is 5.11 Å². The fraction of sp³-hybridized carbons (Fsp3) is 0.692. The predicted octanol–water partition coefficient (Wildman–Crippen LogP) is 1.52. The van der Waals surface area contributed by atoms with Crippen molar-refractivity contribution in [3.8, 4) is 0 Å². The van der Waals surface area contributed by atoms with Gasteiger partial charge in [-0.1, -0.05) is 12.5 Å². The molecule has 1 N–H and O–H groups in total. The molecular weight excluding hydrogens is 218 g/mol. The summed E-state index contributed by atoms with van der Waals surface area (Å²) in [6.07, 6.45) is 6.08. The van der Waals surface area contributed by atoms with Crippen molar-refractivity contribution in [3.05, 3.63) is 12.7 Å². The lowest BCUT2D eigenvalue weighted by atomic mass is 9.87. The minimum Gasteiger partial charge on any atom is -0.480 e. The van der Waals surface area contributed by atoms with Crippen LogP contribution < -0.4 is 0 Å². The number of fused-ring (bicyclic) bond motifs is 2. The lowest BCUT2D eigenvalue weighted by Gasteiger charge is -2.27. The molecule has 0 saturated heterocycles. The van der Waals surface area contributed by atoms with Gasteiger partial charge in [-0.25, -0.2) is 0 Å². The Labute approximate surface area is 101 Å². The van der Waals surface area contributed by atoms with Gasteiger partial charge in [0.25, 0.3) is 0 Å². The molecule has 94 valence electrons. The van der Waals surface area contributed by atoms with Crippen LogP contribution in [0.1, 0.15) is 25.7 Å². The molecule has 2 bridgehead atoms. The van der Waals surface area contributed by atoms with Crippen LogP contribution in [0.4, 0.5) is 0 Å². The number of carbonyl (C=O) groups excluding carboxylic acids is 1. The first-order valence-electron chi connectivity index (χ1n) is 6.23. The summed E-state index contributed by atoms with van der Waals surface area (Å²) in [7, 11) is 0. The molecule has 0 aromatic rings. The number of hydrogen-bond donors (Lipinski definition) is 1. The molecule has 0 aromatic heterocycles. The van der Waals surface area contributed by atoms with Crippen molar-refractivity contribution in [1.82, 2.24) is 4.90 Å². The molecule has 4 nitrogen and oxygen atoms in total. The number of carboxylic acids is 1.